The normalized spacial score (nSPS) is 49.8. The van der Waals surface area contributed by atoms with Crippen molar-refractivity contribution in [2.75, 3.05) is 7.05 Å². The molecule has 10 nitrogen and oxygen atoms in total. The van der Waals surface area contributed by atoms with Crippen LogP contribution in [0.5, 0.6) is 0 Å². The molecule has 7 aliphatic rings. The van der Waals surface area contributed by atoms with Crippen LogP contribution >= 0.6 is 0 Å². The maximum atomic E-state index is 13.7. The van der Waals surface area contributed by atoms with Crippen molar-refractivity contribution in [1.29, 1.82) is 0 Å². The Balaban J connectivity index is 1.23. The highest BCUT2D eigenvalue weighted by Gasteiger charge is 2.84. The number of ether oxygens (including phenoxy) is 1. The lowest BCUT2D eigenvalue weighted by Crippen LogP contribution is -2.85. The first-order valence-corrected chi connectivity index (χ1v) is 19.9. The van der Waals surface area contributed by atoms with Crippen molar-refractivity contribution in [2.45, 2.75) is 133 Å². The van der Waals surface area contributed by atoms with Gasteiger partial charge in [0.25, 0.3) is 0 Å². The van der Waals surface area contributed by atoms with Gasteiger partial charge >= 0.3 is 5.97 Å². The van der Waals surface area contributed by atoms with Gasteiger partial charge in [-0.05, 0) is 112 Å². The number of rotatable bonds is 7. The number of aliphatic hydroxyl groups is 6. The minimum absolute atomic E-state index is 0.0875. The summed E-state index contributed by atoms with van der Waals surface area (Å²) in [5.74, 6) is -3.25. The third-order valence-corrected chi connectivity index (χ3v) is 16.8. The molecule has 1 aliphatic heterocycles. The second-order valence-electron chi connectivity index (χ2n) is 18.6. The van der Waals surface area contributed by atoms with E-state index in [-0.39, 0.29) is 55.1 Å². The van der Waals surface area contributed by atoms with Crippen LogP contribution in [0.25, 0.3) is 0 Å². The van der Waals surface area contributed by atoms with E-state index >= 15 is 0 Å². The molecule has 286 valence electrons. The molecule has 0 spiro atoms. The number of hydrogen-bond acceptors (Lipinski definition) is 10. The van der Waals surface area contributed by atoms with Gasteiger partial charge in [0.05, 0.1) is 29.8 Å². The van der Waals surface area contributed by atoms with Crippen molar-refractivity contribution in [2.24, 2.45) is 58.2 Å². The Labute approximate surface area is 307 Å². The Morgan fingerprint density at radius 1 is 0.981 bits per heavy atom. The first-order chi connectivity index (χ1) is 24.7. The summed E-state index contributed by atoms with van der Waals surface area (Å²) in [7, 11) is 1.89. The van der Waals surface area contributed by atoms with Crippen LogP contribution in [-0.4, -0.2) is 91.1 Å². The smallest absolute Gasteiger partial charge is 0.331 e. The summed E-state index contributed by atoms with van der Waals surface area (Å²) in [4.78, 5) is 26.9. The number of esters is 1. The summed E-state index contributed by atoms with van der Waals surface area (Å²) in [6, 6.07) is 7.63. The molecular formula is C42H59NO9. The van der Waals surface area contributed by atoms with Gasteiger partial charge in [-0.1, -0.05) is 45.0 Å². The zero-order valence-electron chi connectivity index (χ0n) is 31.1. The van der Waals surface area contributed by atoms with Crippen molar-refractivity contribution < 1.29 is 45.0 Å². The fourth-order valence-corrected chi connectivity index (χ4v) is 14.4. The average molecular weight is 722 g/mol. The van der Waals surface area contributed by atoms with Crippen molar-refractivity contribution in [3.8, 4) is 0 Å². The molecule has 0 aromatic heterocycles. The number of aliphatic hydroxyl groups excluding tert-OH is 3. The van der Waals surface area contributed by atoms with E-state index in [2.05, 4.69) is 19.2 Å². The number of carbonyl (C=O) groups is 2. The molecule has 0 saturated heterocycles. The van der Waals surface area contributed by atoms with Crippen LogP contribution in [0.2, 0.25) is 0 Å². The molecule has 1 heterocycles. The molecule has 0 unspecified atom stereocenters. The molecule has 7 N–H and O–H groups in total. The van der Waals surface area contributed by atoms with Crippen molar-refractivity contribution in [3.05, 3.63) is 47.0 Å². The summed E-state index contributed by atoms with van der Waals surface area (Å²) in [6.45, 7) is 6.12. The van der Waals surface area contributed by atoms with E-state index < -0.39 is 69.7 Å². The molecule has 0 bridgehead atoms. The molecule has 1 aromatic carbocycles. The van der Waals surface area contributed by atoms with Crippen molar-refractivity contribution >= 4 is 12.3 Å². The Morgan fingerprint density at radius 3 is 2.38 bits per heavy atom. The van der Waals surface area contributed by atoms with E-state index in [1.54, 1.807) is 6.08 Å². The van der Waals surface area contributed by atoms with Crippen LogP contribution in [0.1, 0.15) is 89.7 Å². The van der Waals surface area contributed by atoms with Crippen LogP contribution < -0.4 is 5.32 Å². The molecule has 0 radical (unpaired) electrons. The van der Waals surface area contributed by atoms with Crippen molar-refractivity contribution in [3.63, 3.8) is 0 Å². The van der Waals surface area contributed by atoms with E-state index in [0.717, 1.165) is 29.4 Å². The summed E-state index contributed by atoms with van der Waals surface area (Å²) in [5, 5.41) is 77.9. The first-order valence-electron chi connectivity index (χ1n) is 19.9. The number of hydrogen-bond donors (Lipinski definition) is 7. The zero-order chi connectivity index (χ0) is 37.2. The van der Waals surface area contributed by atoms with E-state index in [9.17, 15) is 40.2 Å². The van der Waals surface area contributed by atoms with Crippen LogP contribution in [0.4, 0.5) is 0 Å². The summed E-state index contributed by atoms with van der Waals surface area (Å²) in [6.07, 6.45) is 3.67. The standard InChI is InChI=1S/C42H59NO9/c1-22(2)23-9-10-29-32(46)11-14-39(21-45)33-12-13-38(3)35-26(19-40(38,49)42(33,51)37(48)30(16-23)41(29,39)50)15-27(36-28(35)18-34(47)52-36)31(43-4)17-24-7-5-6-8-25(24)20-44/h5-8,18,21-23,26-27,29-33,35-37,43-44,46,48-51H,9-17,19-20H2,1-4H3/t23-,26-,27+,29+,30-,31-,32+,33-,35-,36+,37-,38-,39+,40-,41-,42-/m1/s1. The predicted octanol–water partition coefficient (Wildman–Crippen LogP) is 2.83. The monoisotopic (exact) mass is 721 g/mol. The summed E-state index contributed by atoms with van der Waals surface area (Å²) in [5.41, 5.74) is -5.50. The first kappa shape index (κ1) is 36.8. The number of benzene rings is 1. The van der Waals surface area contributed by atoms with Gasteiger partial charge in [0, 0.05) is 41.2 Å². The van der Waals surface area contributed by atoms with E-state index in [4.69, 9.17) is 4.74 Å². The lowest BCUT2D eigenvalue weighted by Gasteiger charge is -2.72. The number of aldehydes is 1. The number of fused-ring (bicyclic) bond motifs is 8. The minimum atomic E-state index is -2.13. The Morgan fingerprint density at radius 2 is 1.71 bits per heavy atom. The van der Waals surface area contributed by atoms with Gasteiger partial charge in [-0.3, -0.25) is 0 Å². The highest BCUT2D eigenvalue weighted by atomic mass is 16.5. The second-order valence-corrected chi connectivity index (χ2v) is 18.6. The van der Waals surface area contributed by atoms with Crippen molar-refractivity contribution in [1.82, 2.24) is 5.32 Å². The number of likely N-dealkylation sites (N-methyl/N-ethyl adjacent to an activating group) is 1. The summed E-state index contributed by atoms with van der Waals surface area (Å²) >= 11 is 0. The van der Waals surface area contributed by atoms with E-state index in [0.29, 0.717) is 44.9 Å². The SMILES string of the molecule is CN[C@H](Cc1ccccc1CO)[C@@H]1C[C@@H]2C[C@]3(O)[C@]4(O)[C@H](O)[C@H]5C[C@H](C(C)C)CC[C@H]6[C@@H](O)CC[C@](C=O)([C@H]4CC[C@]3(C)[C@H]2C2=CC(=O)O[C@H]21)[C@]56O. The molecule has 10 heteroatoms. The van der Waals surface area contributed by atoms with Gasteiger partial charge in [0.15, 0.2) is 0 Å². The molecule has 1 aromatic rings. The molecule has 6 saturated carbocycles. The highest BCUT2D eigenvalue weighted by Crippen LogP contribution is 2.76. The summed E-state index contributed by atoms with van der Waals surface area (Å²) < 4.78 is 6.09. The maximum Gasteiger partial charge on any atom is 0.331 e. The minimum Gasteiger partial charge on any atom is -0.454 e. The fraction of sp³-hybridized carbons (Fsp3) is 0.762. The van der Waals surface area contributed by atoms with Gasteiger partial charge in [-0.15, -0.1) is 0 Å². The lowest BCUT2D eigenvalue weighted by atomic mass is 9.35. The molecule has 8 rings (SSSR count). The zero-order valence-corrected chi connectivity index (χ0v) is 31.1. The van der Waals surface area contributed by atoms with Gasteiger partial charge in [-0.25, -0.2) is 4.79 Å². The van der Waals surface area contributed by atoms with Crippen LogP contribution in [0.15, 0.2) is 35.9 Å². The van der Waals surface area contributed by atoms with E-state index in [1.807, 2.05) is 38.2 Å². The predicted molar refractivity (Wildman–Crippen MR) is 191 cm³/mol. The largest absolute Gasteiger partial charge is 0.454 e. The quantitative estimate of drug-likeness (QED) is 0.164. The maximum absolute atomic E-state index is 13.7. The second kappa shape index (κ2) is 12.4. The molecular weight excluding hydrogens is 662 g/mol. The Hall–Kier alpha value is -2.18. The molecule has 0 amide bonds. The number of carbonyl (C=O) groups excluding carboxylic acids is 2. The van der Waals surface area contributed by atoms with E-state index in [1.165, 1.54) is 0 Å². The van der Waals surface area contributed by atoms with Crippen LogP contribution in [-0.2, 0) is 27.4 Å². The van der Waals surface area contributed by atoms with Gasteiger partial charge in [-0.2, -0.15) is 0 Å². The average Bonchev–Trinajstić information content (AvgIpc) is 3.55. The molecule has 52 heavy (non-hydrogen) atoms. The van der Waals surface area contributed by atoms with Gasteiger partial charge in [0.1, 0.15) is 23.6 Å². The third-order valence-electron chi connectivity index (χ3n) is 16.8. The topological polar surface area (TPSA) is 177 Å². The third kappa shape index (κ3) is 4.49. The molecule has 16 atom stereocenters. The Bertz CT molecular complexity index is 1630. The highest BCUT2D eigenvalue weighted by molar-refractivity contribution is 5.86. The molecule has 6 aliphatic carbocycles. The van der Waals surface area contributed by atoms with Gasteiger partial charge < -0.3 is 45.5 Å². The number of nitrogens with one attached hydrogen (secondary N) is 1. The molecule has 6 fully saturated rings. The van der Waals surface area contributed by atoms with Crippen LogP contribution in [0, 0.1) is 58.2 Å². The van der Waals surface area contributed by atoms with Crippen LogP contribution in [0.3, 0.4) is 0 Å². The lowest BCUT2D eigenvalue weighted by molar-refractivity contribution is -0.373. The fourth-order valence-electron chi connectivity index (χ4n) is 14.4. The Kier molecular flexibility index (Phi) is 8.78. The van der Waals surface area contributed by atoms with Gasteiger partial charge in [0.2, 0.25) is 0 Å².